The summed E-state index contributed by atoms with van der Waals surface area (Å²) in [6, 6.07) is 10.4. The molecule has 0 saturated carbocycles. The fourth-order valence-corrected chi connectivity index (χ4v) is 1.64. The molecule has 2 rings (SSSR count). The molecule has 0 radical (unpaired) electrons. The minimum atomic E-state index is -0.572. The first kappa shape index (κ1) is 13.0. The maximum absolute atomic E-state index is 13.7. The first-order chi connectivity index (χ1) is 9.11. The molecule has 0 heterocycles. The molecule has 0 spiro atoms. The number of rotatable bonds is 3. The summed E-state index contributed by atoms with van der Waals surface area (Å²) in [7, 11) is 0. The molecule has 19 heavy (non-hydrogen) atoms. The molecule has 0 aliphatic carbocycles. The van der Waals surface area contributed by atoms with E-state index in [0.717, 1.165) is 0 Å². The van der Waals surface area contributed by atoms with Crippen LogP contribution in [0.15, 0.2) is 42.5 Å². The predicted molar refractivity (Wildman–Crippen MR) is 70.4 cm³/mol. The normalized spacial score (nSPS) is 10.2. The number of nitrogens with one attached hydrogen (secondary N) is 1. The Balaban J connectivity index is 2.22. The number of hydrogen-bond donors (Lipinski definition) is 3. The van der Waals surface area contributed by atoms with Gasteiger partial charge in [0.1, 0.15) is 11.6 Å². The van der Waals surface area contributed by atoms with Crippen molar-refractivity contribution in [1.29, 1.82) is 0 Å². The second-order valence-corrected chi connectivity index (χ2v) is 3.99. The molecule has 0 bridgehead atoms. The van der Waals surface area contributed by atoms with Crippen molar-refractivity contribution in [2.75, 3.05) is 5.32 Å². The van der Waals surface area contributed by atoms with Gasteiger partial charge in [0.05, 0.1) is 11.3 Å². The number of nitrogens with two attached hydrogens (primary N) is 1. The van der Waals surface area contributed by atoms with Crippen molar-refractivity contribution in [3.63, 3.8) is 0 Å². The van der Waals surface area contributed by atoms with Gasteiger partial charge >= 0.3 is 0 Å². The van der Waals surface area contributed by atoms with Crippen LogP contribution in [0.1, 0.15) is 15.9 Å². The molecule has 5 heteroatoms. The Labute approximate surface area is 109 Å². The van der Waals surface area contributed by atoms with Crippen molar-refractivity contribution in [2.24, 2.45) is 5.73 Å². The molecule has 0 unspecified atom stereocenters. The van der Waals surface area contributed by atoms with E-state index in [1.165, 1.54) is 24.3 Å². The number of hydrogen-bond acceptors (Lipinski definition) is 3. The fraction of sp³-hybridized carbons (Fsp3) is 0.0714. The van der Waals surface area contributed by atoms with Crippen LogP contribution < -0.4 is 11.1 Å². The third kappa shape index (κ3) is 2.89. The van der Waals surface area contributed by atoms with Gasteiger partial charge in [0, 0.05) is 6.54 Å². The third-order valence-corrected chi connectivity index (χ3v) is 2.67. The molecule has 0 saturated heterocycles. The smallest absolute Gasteiger partial charge is 0.259 e. The number of carbonyl (C=O) groups excluding carboxylic acids is 1. The molecule has 98 valence electrons. The molecular formula is C14H13FN2O2. The van der Waals surface area contributed by atoms with E-state index < -0.39 is 11.7 Å². The van der Waals surface area contributed by atoms with Gasteiger partial charge in [-0.1, -0.05) is 18.2 Å². The summed E-state index contributed by atoms with van der Waals surface area (Å²) in [6.45, 7) is 0.227. The topological polar surface area (TPSA) is 75.3 Å². The number of para-hydroxylation sites is 1. The Bertz CT molecular complexity index is 614. The largest absolute Gasteiger partial charge is 0.507 e. The molecule has 0 atom stereocenters. The second-order valence-electron chi connectivity index (χ2n) is 3.99. The van der Waals surface area contributed by atoms with Gasteiger partial charge in [-0.15, -0.1) is 0 Å². The van der Waals surface area contributed by atoms with Crippen LogP contribution in [-0.4, -0.2) is 11.0 Å². The van der Waals surface area contributed by atoms with E-state index in [2.05, 4.69) is 5.32 Å². The number of benzene rings is 2. The third-order valence-electron chi connectivity index (χ3n) is 2.67. The van der Waals surface area contributed by atoms with E-state index in [1.807, 2.05) is 0 Å². The average Bonchev–Trinajstić information content (AvgIpc) is 2.41. The summed E-state index contributed by atoms with van der Waals surface area (Å²) in [6.07, 6.45) is 0. The number of phenolic OH excluding ortho intramolecular Hbond substituents is 1. The first-order valence-corrected chi connectivity index (χ1v) is 5.69. The highest BCUT2D eigenvalue weighted by Crippen LogP contribution is 2.20. The zero-order valence-electron chi connectivity index (χ0n) is 10.1. The van der Waals surface area contributed by atoms with Crippen molar-refractivity contribution in [1.82, 2.24) is 0 Å². The number of carbonyl (C=O) groups is 1. The van der Waals surface area contributed by atoms with Crippen molar-refractivity contribution in [3.8, 4) is 5.75 Å². The van der Waals surface area contributed by atoms with Crippen molar-refractivity contribution in [3.05, 3.63) is 59.4 Å². The quantitative estimate of drug-likeness (QED) is 0.792. The van der Waals surface area contributed by atoms with Gasteiger partial charge in [0.2, 0.25) is 0 Å². The van der Waals surface area contributed by atoms with Gasteiger partial charge in [-0.05, 0) is 29.8 Å². The van der Waals surface area contributed by atoms with Crippen LogP contribution in [0.3, 0.4) is 0 Å². The summed E-state index contributed by atoms with van der Waals surface area (Å²) in [5.41, 5.74) is 6.17. The van der Waals surface area contributed by atoms with Gasteiger partial charge in [-0.25, -0.2) is 4.39 Å². The summed E-state index contributed by atoms with van der Waals surface area (Å²) in [5.74, 6) is -1.29. The van der Waals surface area contributed by atoms with E-state index in [1.54, 1.807) is 18.2 Å². The molecule has 4 nitrogen and oxygen atoms in total. The van der Waals surface area contributed by atoms with Gasteiger partial charge < -0.3 is 16.2 Å². The predicted octanol–water partition coefficient (Wildman–Crippen LogP) is 2.24. The van der Waals surface area contributed by atoms with Gasteiger partial charge in [0.25, 0.3) is 5.91 Å². The van der Waals surface area contributed by atoms with Gasteiger partial charge in [-0.3, -0.25) is 4.79 Å². The summed E-state index contributed by atoms with van der Waals surface area (Å²) >= 11 is 0. The highest BCUT2D eigenvalue weighted by atomic mass is 19.1. The first-order valence-electron chi connectivity index (χ1n) is 5.69. The molecule has 0 aromatic heterocycles. The van der Waals surface area contributed by atoms with E-state index >= 15 is 0 Å². The maximum atomic E-state index is 13.7. The van der Waals surface area contributed by atoms with Crippen LogP contribution >= 0.6 is 0 Å². The number of halogens is 1. The molecule has 0 fully saturated rings. The number of phenols is 1. The Morgan fingerprint density at radius 2 is 2.00 bits per heavy atom. The summed E-state index contributed by atoms with van der Waals surface area (Å²) < 4.78 is 13.7. The molecule has 0 aliphatic heterocycles. The maximum Gasteiger partial charge on any atom is 0.259 e. The van der Waals surface area contributed by atoms with Crippen LogP contribution in [0.5, 0.6) is 5.75 Å². The van der Waals surface area contributed by atoms with Crippen molar-refractivity contribution in [2.45, 2.75) is 6.54 Å². The lowest BCUT2D eigenvalue weighted by Crippen LogP contribution is -2.13. The van der Waals surface area contributed by atoms with E-state index in [4.69, 9.17) is 5.73 Å². The number of aromatic hydroxyl groups is 1. The lowest BCUT2D eigenvalue weighted by molar-refractivity contribution is 0.102. The zero-order valence-corrected chi connectivity index (χ0v) is 10.1. The second kappa shape index (κ2) is 5.49. The van der Waals surface area contributed by atoms with Crippen LogP contribution in [0.25, 0.3) is 0 Å². The molecular weight excluding hydrogens is 247 g/mol. The van der Waals surface area contributed by atoms with E-state index in [-0.39, 0.29) is 23.5 Å². The molecule has 4 N–H and O–H groups in total. The fourth-order valence-electron chi connectivity index (χ4n) is 1.64. The highest BCUT2D eigenvalue weighted by Gasteiger charge is 2.12. The minimum absolute atomic E-state index is 0.0467. The van der Waals surface area contributed by atoms with Gasteiger partial charge in [-0.2, -0.15) is 0 Å². The monoisotopic (exact) mass is 260 g/mol. The molecule has 1 amide bonds. The Morgan fingerprint density at radius 1 is 1.26 bits per heavy atom. The average molecular weight is 260 g/mol. The number of amides is 1. The Kier molecular flexibility index (Phi) is 3.77. The van der Waals surface area contributed by atoms with Crippen LogP contribution in [0, 0.1) is 5.82 Å². The molecule has 0 aliphatic rings. The zero-order chi connectivity index (χ0) is 13.8. The molecule has 2 aromatic rings. The van der Waals surface area contributed by atoms with E-state index in [9.17, 15) is 14.3 Å². The van der Waals surface area contributed by atoms with Crippen molar-refractivity contribution >= 4 is 11.6 Å². The van der Waals surface area contributed by atoms with E-state index in [0.29, 0.717) is 5.56 Å². The minimum Gasteiger partial charge on any atom is -0.507 e. The highest BCUT2D eigenvalue weighted by molar-refractivity contribution is 6.06. The van der Waals surface area contributed by atoms with Gasteiger partial charge in [0.15, 0.2) is 0 Å². The SMILES string of the molecule is NCc1ccc(NC(=O)c2ccccc2O)c(F)c1. The number of anilines is 1. The Hall–Kier alpha value is -2.40. The van der Waals surface area contributed by atoms with Crippen LogP contribution in [0.2, 0.25) is 0 Å². The summed E-state index contributed by atoms with van der Waals surface area (Å²) in [4.78, 5) is 11.9. The van der Waals surface area contributed by atoms with Crippen LogP contribution in [0.4, 0.5) is 10.1 Å². The lowest BCUT2D eigenvalue weighted by Gasteiger charge is -2.08. The Morgan fingerprint density at radius 3 is 2.63 bits per heavy atom. The van der Waals surface area contributed by atoms with Crippen LogP contribution in [-0.2, 0) is 6.54 Å². The van der Waals surface area contributed by atoms with Crippen molar-refractivity contribution < 1.29 is 14.3 Å². The molecule has 2 aromatic carbocycles. The standard InChI is InChI=1S/C14H13FN2O2/c15-11-7-9(8-16)5-6-12(11)17-14(19)10-3-1-2-4-13(10)18/h1-7,18H,8,16H2,(H,17,19). The lowest BCUT2D eigenvalue weighted by atomic mass is 10.1. The summed E-state index contributed by atoms with van der Waals surface area (Å²) in [5, 5.41) is 11.9.